The molecule has 3 heterocycles. The fourth-order valence-corrected chi connectivity index (χ4v) is 3.19. The maximum absolute atomic E-state index is 11.1. The topological polar surface area (TPSA) is 79.5 Å². The number of halogens is 1. The van der Waals surface area contributed by atoms with Gasteiger partial charge >= 0.3 is 5.97 Å². The molecule has 0 aliphatic heterocycles. The van der Waals surface area contributed by atoms with Gasteiger partial charge in [-0.05, 0) is 24.3 Å². The Balaban J connectivity index is 2.02. The van der Waals surface area contributed by atoms with Crippen LogP contribution < -0.4 is 4.90 Å². The van der Waals surface area contributed by atoms with Crippen molar-refractivity contribution < 1.29 is 14.3 Å². The molecular weight excluding hydrogens is 350 g/mol. The van der Waals surface area contributed by atoms with Crippen LogP contribution >= 0.6 is 22.9 Å². The highest BCUT2D eigenvalue weighted by molar-refractivity contribution is 7.19. The number of rotatable bonds is 5. The standard InChI is InChI=1S/C16H14ClN3O3S/c1-20(2)13-6-3-9(8-18-13)16-19-10(7-14(21)22)15(23-16)11-4-5-12(17)24-11/h3-6,8H,7H2,1-2H3,(H,21,22). The lowest BCUT2D eigenvalue weighted by molar-refractivity contribution is -0.136. The number of aromatic nitrogens is 2. The van der Waals surface area contributed by atoms with Crippen LogP contribution in [-0.4, -0.2) is 35.1 Å². The highest BCUT2D eigenvalue weighted by atomic mass is 35.5. The minimum atomic E-state index is -0.972. The van der Waals surface area contributed by atoms with Crippen LogP contribution in [0.4, 0.5) is 5.82 Å². The molecule has 0 bridgehead atoms. The largest absolute Gasteiger partial charge is 0.481 e. The minimum absolute atomic E-state index is 0.225. The number of aliphatic carboxylic acids is 1. The summed E-state index contributed by atoms with van der Waals surface area (Å²) in [5.41, 5.74) is 1.05. The third kappa shape index (κ3) is 3.42. The average molecular weight is 364 g/mol. The van der Waals surface area contributed by atoms with Crippen LogP contribution in [0.25, 0.3) is 22.1 Å². The zero-order valence-electron chi connectivity index (χ0n) is 13.0. The van der Waals surface area contributed by atoms with Gasteiger partial charge in [0.15, 0.2) is 5.76 Å². The summed E-state index contributed by atoms with van der Waals surface area (Å²) in [5, 5.41) is 9.10. The van der Waals surface area contributed by atoms with Gasteiger partial charge < -0.3 is 14.4 Å². The maximum Gasteiger partial charge on any atom is 0.309 e. The molecule has 0 fully saturated rings. The van der Waals surface area contributed by atoms with Gasteiger partial charge in [0.05, 0.1) is 26.9 Å². The van der Waals surface area contributed by atoms with Crippen molar-refractivity contribution in [1.29, 1.82) is 0 Å². The Morgan fingerprint density at radius 2 is 2.12 bits per heavy atom. The lowest BCUT2D eigenvalue weighted by atomic mass is 10.2. The molecule has 3 aromatic heterocycles. The summed E-state index contributed by atoms with van der Waals surface area (Å²) >= 11 is 7.28. The van der Waals surface area contributed by atoms with E-state index in [1.165, 1.54) is 11.3 Å². The Morgan fingerprint density at radius 1 is 1.33 bits per heavy atom. The molecule has 3 aromatic rings. The Labute approximate surface area is 147 Å². The third-order valence-electron chi connectivity index (χ3n) is 3.27. The van der Waals surface area contributed by atoms with Gasteiger partial charge in [0.2, 0.25) is 5.89 Å². The molecule has 24 heavy (non-hydrogen) atoms. The smallest absolute Gasteiger partial charge is 0.309 e. The lowest BCUT2D eigenvalue weighted by Gasteiger charge is -2.10. The Morgan fingerprint density at radius 3 is 2.67 bits per heavy atom. The van der Waals surface area contributed by atoms with Crippen molar-refractivity contribution in [3.05, 3.63) is 40.5 Å². The first-order valence-corrected chi connectivity index (χ1v) is 8.24. The highest BCUT2D eigenvalue weighted by Crippen LogP contribution is 2.36. The number of carbonyl (C=O) groups is 1. The fourth-order valence-electron chi connectivity index (χ4n) is 2.14. The van der Waals surface area contributed by atoms with Crippen LogP contribution in [0, 0.1) is 0 Å². The summed E-state index contributed by atoms with van der Waals surface area (Å²) in [7, 11) is 3.80. The molecule has 0 radical (unpaired) electrons. The van der Waals surface area contributed by atoms with Crippen LogP contribution in [0.15, 0.2) is 34.9 Å². The van der Waals surface area contributed by atoms with Crippen LogP contribution in [0.3, 0.4) is 0 Å². The van der Waals surface area contributed by atoms with Crippen molar-refractivity contribution in [2.45, 2.75) is 6.42 Å². The number of oxazole rings is 1. The summed E-state index contributed by atoms with van der Waals surface area (Å²) in [6.07, 6.45) is 1.43. The summed E-state index contributed by atoms with van der Waals surface area (Å²) in [5.74, 6) is 0.603. The van der Waals surface area contributed by atoms with Gasteiger partial charge in [-0.2, -0.15) is 0 Å². The first-order valence-electron chi connectivity index (χ1n) is 7.05. The van der Waals surface area contributed by atoms with E-state index in [9.17, 15) is 4.79 Å². The van der Waals surface area contributed by atoms with E-state index in [1.54, 1.807) is 18.3 Å². The third-order valence-corrected chi connectivity index (χ3v) is 4.50. The van der Waals surface area contributed by atoms with Gasteiger partial charge in [-0.25, -0.2) is 9.97 Å². The molecule has 8 heteroatoms. The molecule has 0 aromatic carbocycles. The Bertz CT molecular complexity index is 871. The first-order chi connectivity index (χ1) is 11.4. The molecule has 124 valence electrons. The number of hydrogen-bond donors (Lipinski definition) is 1. The number of carboxylic acid groups (broad SMARTS) is 1. The molecule has 0 atom stereocenters. The SMILES string of the molecule is CN(C)c1ccc(-c2nc(CC(=O)O)c(-c3ccc(Cl)s3)o2)cn1. The van der Waals surface area contributed by atoms with E-state index < -0.39 is 5.97 Å². The van der Waals surface area contributed by atoms with Gasteiger partial charge in [-0.15, -0.1) is 11.3 Å². The van der Waals surface area contributed by atoms with Gasteiger partial charge in [0.25, 0.3) is 0 Å². The summed E-state index contributed by atoms with van der Waals surface area (Å²) < 4.78 is 6.42. The van der Waals surface area contributed by atoms with E-state index in [1.807, 2.05) is 31.1 Å². The van der Waals surface area contributed by atoms with E-state index in [0.29, 0.717) is 27.2 Å². The minimum Gasteiger partial charge on any atom is -0.481 e. The van der Waals surface area contributed by atoms with Crippen LogP contribution in [0.5, 0.6) is 0 Å². The Kier molecular flexibility index (Phi) is 4.55. The molecule has 3 rings (SSSR count). The number of thiophene rings is 1. The maximum atomic E-state index is 11.1. The number of nitrogens with zero attached hydrogens (tertiary/aromatic N) is 3. The molecule has 0 aliphatic rings. The van der Waals surface area contributed by atoms with Crippen molar-refractivity contribution in [3.8, 4) is 22.1 Å². The van der Waals surface area contributed by atoms with Gasteiger partial charge in [0.1, 0.15) is 5.82 Å². The summed E-state index contributed by atoms with van der Waals surface area (Å²) in [6, 6.07) is 7.21. The van der Waals surface area contributed by atoms with Crippen molar-refractivity contribution in [3.63, 3.8) is 0 Å². The monoisotopic (exact) mass is 363 g/mol. The fraction of sp³-hybridized carbons (Fsp3) is 0.188. The molecule has 6 nitrogen and oxygen atoms in total. The number of carboxylic acids is 1. The molecule has 0 amide bonds. The van der Waals surface area contributed by atoms with Crippen molar-refractivity contribution in [2.75, 3.05) is 19.0 Å². The summed E-state index contributed by atoms with van der Waals surface area (Å²) in [4.78, 5) is 22.4. The summed E-state index contributed by atoms with van der Waals surface area (Å²) in [6.45, 7) is 0. The van der Waals surface area contributed by atoms with E-state index in [4.69, 9.17) is 21.1 Å². The average Bonchev–Trinajstić information content (AvgIpc) is 3.13. The number of hydrogen-bond acceptors (Lipinski definition) is 6. The molecular formula is C16H14ClN3O3S. The van der Waals surface area contributed by atoms with Gasteiger partial charge in [0, 0.05) is 20.3 Å². The second kappa shape index (κ2) is 6.62. The zero-order chi connectivity index (χ0) is 17.3. The predicted octanol–water partition coefficient (Wildman–Crippen LogP) is 3.81. The second-order valence-corrected chi connectivity index (χ2v) is 6.98. The molecule has 0 aliphatic carbocycles. The number of pyridine rings is 1. The van der Waals surface area contributed by atoms with Crippen LogP contribution in [0.1, 0.15) is 5.69 Å². The quantitative estimate of drug-likeness (QED) is 0.742. The van der Waals surface area contributed by atoms with Crippen LogP contribution in [-0.2, 0) is 11.2 Å². The van der Waals surface area contributed by atoms with Crippen molar-refractivity contribution in [1.82, 2.24) is 9.97 Å². The first kappa shape index (κ1) is 16.5. The molecule has 0 unspecified atom stereocenters. The van der Waals surface area contributed by atoms with E-state index in [0.717, 1.165) is 10.7 Å². The zero-order valence-corrected chi connectivity index (χ0v) is 14.6. The van der Waals surface area contributed by atoms with Gasteiger partial charge in [-0.1, -0.05) is 11.6 Å². The normalized spacial score (nSPS) is 10.8. The predicted molar refractivity (Wildman–Crippen MR) is 93.7 cm³/mol. The number of anilines is 1. The van der Waals surface area contributed by atoms with E-state index in [2.05, 4.69) is 9.97 Å². The van der Waals surface area contributed by atoms with Crippen molar-refractivity contribution >= 4 is 34.7 Å². The Hall–Kier alpha value is -2.38. The van der Waals surface area contributed by atoms with Crippen molar-refractivity contribution in [2.24, 2.45) is 0 Å². The molecule has 1 N–H and O–H groups in total. The van der Waals surface area contributed by atoms with Gasteiger partial charge in [-0.3, -0.25) is 4.79 Å². The lowest BCUT2D eigenvalue weighted by Crippen LogP contribution is -2.09. The molecule has 0 saturated carbocycles. The highest BCUT2D eigenvalue weighted by Gasteiger charge is 2.20. The molecule has 0 spiro atoms. The second-order valence-electron chi connectivity index (χ2n) is 5.27. The molecule has 0 saturated heterocycles. The van der Waals surface area contributed by atoms with E-state index in [-0.39, 0.29) is 6.42 Å². The van der Waals surface area contributed by atoms with E-state index >= 15 is 0 Å². The van der Waals surface area contributed by atoms with Crippen LogP contribution in [0.2, 0.25) is 4.34 Å².